The lowest BCUT2D eigenvalue weighted by Gasteiger charge is -2.12. The number of aryl methyl sites for hydroxylation is 2. The summed E-state index contributed by atoms with van der Waals surface area (Å²) in [4.78, 5) is 23.9. The molecule has 0 radical (unpaired) electrons. The fraction of sp³-hybridized carbons (Fsp3) is 0.176. The number of nitrogens with one attached hydrogen (secondary N) is 2. The highest BCUT2D eigenvalue weighted by atomic mass is 35.5. The Bertz CT molecular complexity index is 835. The van der Waals surface area contributed by atoms with Crippen LogP contribution in [-0.4, -0.2) is 11.8 Å². The molecule has 0 aliphatic carbocycles. The van der Waals surface area contributed by atoms with Gasteiger partial charge in [-0.3, -0.25) is 9.59 Å². The number of alkyl halides is 3. The molecule has 0 aliphatic heterocycles. The maximum absolute atomic E-state index is 12.8. The van der Waals surface area contributed by atoms with Crippen molar-refractivity contribution in [2.75, 3.05) is 10.6 Å². The van der Waals surface area contributed by atoms with Gasteiger partial charge >= 0.3 is 18.0 Å². The predicted octanol–water partition coefficient (Wildman–Crippen LogP) is 4.55. The predicted molar refractivity (Wildman–Crippen MR) is 89.6 cm³/mol. The Balaban J connectivity index is 2.14. The summed E-state index contributed by atoms with van der Waals surface area (Å²) in [6, 6.07) is 8.16. The summed E-state index contributed by atoms with van der Waals surface area (Å²) in [5.41, 5.74) is 0.804. The molecule has 0 heterocycles. The third-order valence-electron chi connectivity index (χ3n) is 3.38. The first kappa shape index (κ1) is 18.8. The highest BCUT2D eigenvalue weighted by molar-refractivity contribution is 6.43. The number of halogens is 4. The standard InChI is InChI=1S/C17H14ClF3N2O2/c1-9-3-4-10(2)14(7-9)23-16(25)15(24)22-11-5-6-13(18)12(8-11)17(19,20)21/h3-8H,1-2H3,(H,22,24)(H,23,25). The van der Waals surface area contributed by atoms with Gasteiger partial charge in [0.1, 0.15) is 0 Å². The minimum Gasteiger partial charge on any atom is -0.318 e. The van der Waals surface area contributed by atoms with E-state index in [0.717, 1.165) is 17.2 Å². The topological polar surface area (TPSA) is 58.2 Å². The van der Waals surface area contributed by atoms with Gasteiger partial charge < -0.3 is 10.6 Å². The van der Waals surface area contributed by atoms with Gasteiger partial charge in [-0.15, -0.1) is 0 Å². The minimum atomic E-state index is -4.67. The van der Waals surface area contributed by atoms with Crippen LogP contribution in [0.2, 0.25) is 5.02 Å². The molecule has 0 atom stereocenters. The zero-order valence-electron chi connectivity index (χ0n) is 13.3. The number of hydrogen-bond donors (Lipinski definition) is 2. The summed E-state index contributed by atoms with van der Waals surface area (Å²) in [6.07, 6.45) is -4.67. The zero-order valence-corrected chi connectivity index (χ0v) is 14.0. The second kappa shape index (κ2) is 7.14. The van der Waals surface area contributed by atoms with Gasteiger partial charge in [-0.1, -0.05) is 23.7 Å². The van der Waals surface area contributed by atoms with Gasteiger partial charge in [-0.2, -0.15) is 13.2 Å². The molecule has 2 N–H and O–H groups in total. The molecule has 0 spiro atoms. The lowest BCUT2D eigenvalue weighted by Crippen LogP contribution is -2.29. The minimum absolute atomic E-state index is 0.183. The summed E-state index contributed by atoms with van der Waals surface area (Å²) in [6.45, 7) is 3.57. The van der Waals surface area contributed by atoms with Crippen LogP contribution in [0.3, 0.4) is 0 Å². The van der Waals surface area contributed by atoms with Crippen molar-refractivity contribution in [1.29, 1.82) is 0 Å². The van der Waals surface area contributed by atoms with Gasteiger partial charge in [0.15, 0.2) is 0 Å². The third-order valence-corrected chi connectivity index (χ3v) is 3.71. The van der Waals surface area contributed by atoms with Gasteiger partial charge in [-0.05, 0) is 49.2 Å². The van der Waals surface area contributed by atoms with E-state index in [2.05, 4.69) is 10.6 Å². The van der Waals surface area contributed by atoms with Crippen molar-refractivity contribution in [3.63, 3.8) is 0 Å². The van der Waals surface area contributed by atoms with Crippen molar-refractivity contribution in [3.05, 3.63) is 58.1 Å². The van der Waals surface area contributed by atoms with Crippen LogP contribution in [0.4, 0.5) is 24.5 Å². The van der Waals surface area contributed by atoms with Gasteiger partial charge in [0.25, 0.3) is 0 Å². The van der Waals surface area contributed by atoms with E-state index < -0.39 is 28.6 Å². The van der Waals surface area contributed by atoms with Crippen molar-refractivity contribution < 1.29 is 22.8 Å². The Labute approximate surface area is 147 Å². The normalized spacial score (nSPS) is 11.1. The molecule has 4 nitrogen and oxygen atoms in total. The zero-order chi connectivity index (χ0) is 18.8. The lowest BCUT2D eigenvalue weighted by atomic mass is 10.1. The van der Waals surface area contributed by atoms with E-state index in [1.807, 2.05) is 13.0 Å². The molecule has 8 heteroatoms. The van der Waals surface area contributed by atoms with E-state index in [9.17, 15) is 22.8 Å². The second-order valence-corrected chi connectivity index (χ2v) is 5.83. The van der Waals surface area contributed by atoms with Crippen molar-refractivity contribution in [2.24, 2.45) is 0 Å². The van der Waals surface area contributed by atoms with Crippen LogP contribution in [0, 0.1) is 13.8 Å². The molecule has 0 unspecified atom stereocenters. The Morgan fingerprint density at radius 1 is 0.960 bits per heavy atom. The molecule has 0 saturated carbocycles. The number of carbonyl (C=O) groups is 2. The molecule has 2 aromatic carbocycles. The fourth-order valence-corrected chi connectivity index (χ4v) is 2.28. The molecule has 0 aliphatic rings. The van der Waals surface area contributed by atoms with Crippen LogP contribution in [0.5, 0.6) is 0 Å². The summed E-state index contributed by atoms with van der Waals surface area (Å²) >= 11 is 5.51. The number of rotatable bonds is 2. The Morgan fingerprint density at radius 2 is 1.60 bits per heavy atom. The third kappa shape index (κ3) is 4.73. The average Bonchev–Trinajstić information content (AvgIpc) is 2.51. The number of amides is 2. The molecule has 25 heavy (non-hydrogen) atoms. The number of carbonyl (C=O) groups excluding carboxylic acids is 2. The molecule has 0 aromatic heterocycles. The summed E-state index contributed by atoms with van der Waals surface area (Å²) in [5, 5.41) is 4.06. The van der Waals surface area contributed by atoms with Gasteiger partial charge in [0, 0.05) is 11.4 Å². The van der Waals surface area contributed by atoms with Crippen LogP contribution in [0.25, 0.3) is 0 Å². The monoisotopic (exact) mass is 370 g/mol. The first-order valence-electron chi connectivity index (χ1n) is 7.14. The number of benzene rings is 2. The molecule has 0 bridgehead atoms. The summed E-state index contributed by atoms with van der Waals surface area (Å²) < 4.78 is 38.5. The molecule has 2 rings (SSSR count). The average molecular weight is 371 g/mol. The van der Waals surface area contributed by atoms with Crippen LogP contribution in [0.1, 0.15) is 16.7 Å². The Morgan fingerprint density at radius 3 is 2.24 bits per heavy atom. The van der Waals surface area contributed by atoms with Crippen molar-refractivity contribution in [3.8, 4) is 0 Å². The molecular weight excluding hydrogens is 357 g/mol. The molecule has 2 amide bonds. The quantitative estimate of drug-likeness (QED) is 0.762. The van der Waals surface area contributed by atoms with Crippen LogP contribution in [-0.2, 0) is 15.8 Å². The summed E-state index contributed by atoms with van der Waals surface area (Å²) in [5.74, 6) is -2.08. The highest BCUT2D eigenvalue weighted by Crippen LogP contribution is 2.36. The Hall–Kier alpha value is -2.54. The maximum Gasteiger partial charge on any atom is 0.417 e. The smallest absolute Gasteiger partial charge is 0.318 e. The lowest BCUT2D eigenvalue weighted by molar-refractivity contribution is -0.137. The van der Waals surface area contributed by atoms with Crippen molar-refractivity contribution >= 4 is 34.8 Å². The number of anilines is 2. The maximum atomic E-state index is 12.8. The van der Waals surface area contributed by atoms with Crippen molar-refractivity contribution in [1.82, 2.24) is 0 Å². The fourth-order valence-electron chi connectivity index (χ4n) is 2.06. The SMILES string of the molecule is Cc1ccc(C)c(NC(=O)C(=O)Nc2ccc(Cl)c(C(F)(F)F)c2)c1. The molecular formula is C17H14ClF3N2O2. The molecule has 2 aromatic rings. The van der Waals surface area contributed by atoms with E-state index in [4.69, 9.17) is 11.6 Å². The highest BCUT2D eigenvalue weighted by Gasteiger charge is 2.33. The molecule has 0 saturated heterocycles. The van der Waals surface area contributed by atoms with Crippen LogP contribution in [0.15, 0.2) is 36.4 Å². The first-order valence-corrected chi connectivity index (χ1v) is 7.52. The van der Waals surface area contributed by atoms with E-state index in [0.29, 0.717) is 11.8 Å². The van der Waals surface area contributed by atoms with Gasteiger partial charge in [-0.25, -0.2) is 0 Å². The Kier molecular flexibility index (Phi) is 5.37. The van der Waals surface area contributed by atoms with Gasteiger partial charge in [0.05, 0.1) is 10.6 Å². The summed E-state index contributed by atoms with van der Waals surface area (Å²) in [7, 11) is 0. The van der Waals surface area contributed by atoms with Crippen LogP contribution < -0.4 is 10.6 Å². The molecule has 132 valence electrons. The molecule has 0 fully saturated rings. The van der Waals surface area contributed by atoms with E-state index >= 15 is 0 Å². The van der Waals surface area contributed by atoms with E-state index in [-0.39, 0.29) is 5.69 Å². The largest absolute Gasteiger partial charge is 0.417 e. The van der Waals surface area contributed by atoms with E-state index in [1.54, 1.807) is 19.1 Å². The van der Waals surface area contributed by atoms with Crippen LogP contribution >= 0.6 is 11.6 Å². The number of hydrogen-bond acceptors (Lipinski definition) is 2. The van der Waals surface area contributed by atoms with Crippen molar-refractivity contribution in [2.45, 2.75) is 20.0 Å². The first-order chi connectivity index (χ1) is 11.6. The second-order valence-electron chi connectivity index (χ2n) is 5.42. The van der Waals surface area contributed by atoms with E-state index in [1.165, 1.54) is 6.07 Å². The van der Waals surface area contributed by atoms with Gasteiger partial charge in [0.2, 0.25) is 0 Å².